The van der Waals surface area contributed by atoms with Gasteiger partial charge in [0.25, 0.3) is 5.91 Å². The van der Waals surface area contributed by atoms with Gasteiger partial charge in [-0.2, -0.15) is 0 Å². The van der Waals surface area contributed by atoms with E-state index >= 15 is 0 Å². The highest BCUT2D eigenvalue weighted by molar-refractivity contribution is 8.00. The summed E-state index contributed by atoms with van der Waals surface area (Å²) in [6, 6.07) is 8.02. The second kappa shape index (κ2) is 8.41. The van der Waals surface area contributed by atoms with Gasteiger partial charge < -0.3 is 4.74 Å². The lowest BCUT2D eigenvalue weighted by Crippen LogP contribution is -2.46. The van der Waals surface area contributed by atoms with Crippen LogP contribution in [0.5, 0.6) is 0 Å². The number of methoxy groups -OCH3 is 1. The number of nitrogens with zero attached hydrogens (tertiary/aromatic N) is 2. The summed E-state index contributed by atoms with van der Waals surface area (Å²) in [4.78, 5) is 17.6. The van der Waals surface area contributed by atoms with Crippen molar-refractivity contribution in [2.24, 2.45) is 0 Å². The number of amides is 1. The fourth-order valence-electron chi connectivity index (χ4n) is 2.24. The fourth-order valence-corrected chi connectivity index (χ4v) is 3.44. The second-order valence-electron chi connectivity index (χ2n) is 4.93. The van der Waals surface area contributed by atoms with Gasteiger partial charge in [-0.25, -0.2) is 0 Å². The molecule has 1 aromatic carbocycles. The number of thioether (sulfide) groups is 1. The van der Waals surface area contributed by atoms with E-state index < -0.39 is 6.10 Å². The summed E-state index contributed by atoms with van der Waals surface area (Å²) in [5.41, 5.74) is 0.970. The Morgan fingerprint density at radius 1 is 1.29 bits per heavy atom. The van der Waals surface area contributed by atoms with Gasteiger partial charge in [0.15, 0.2) is 0 Å². The number of anilines is 1. The first-order chi connectivity index (χ1) is 10.0. The monoisotopic (exact) mass is 310 g/mol. The Morgan fingerprint density at radius 2 is 1.90 bits per heavy atom. The molecule has 0 aromatic heterocycles. The number of benzene rings is 1. The van der Waals surface area contributed by atoms with Crippen LogP contribution in [0.15, 0.2) is 29.2 Å². The predicted molar refractivity (Wildman–Crippen MR) is 89.9 cm³/mol. The number of rotatable bonds is 3. The van der Waals surface area contributed by atoms with Crippen LogP contribution >= 0.6 is 11.8 Å². The van der Waals surface area contributed by atoms with Crippen LogP contribution in [0, 0.1) is 0 Å². The number of fused-ring (bicyclic) bond motifs is 1. The van der Waals surface area contributed by atoms with Crippen molar-refractivity contribution in [2.45, 2.75) is 37.0 Å². The van der Waals surface area contributed by atoms with Gasteiger partial charge in [-0.05, 0) is 33.2 Å². The van der Waals surface area contributed by atoms with E-state index in [1.165, 1.54) is 0 Å². The van der Waals surface area contributed by atoms with Crippen LogP contribution in [0.1, 0.15) is 20.8 Å². The van der Waals surface area contributed by atoms with E-state index in [-0.39, 0.29) is 11.2 Å². The molecule has 0 aliphatic carbocycles. The minimum atomic E-state index is -0.405. The fraction of sp³-hybridized carbons (Fsp3) is 0.562. The lowest BCUT2D eigenvalue weighted by atomic mass is 10.2. The van der Waals surface area contributed by atoms with Crippen molar-refractivity contribution in [1.29, 1.82) is 0 Å². The molecule has 0 saturated carbocycles. The van der Waals surface area contributed by atoms with Crippen LogP contribution in [-0.4, -0.2) is 50.0 Å². The zero-order valence-electron chi connectivity index (χ0n) is 13.8. The average molecular weight is 310 g/mol. The van der Waals surface area contributed by atoms with Crippen LogP contribution in [0.25, 0.3) is 0 Å². The van der Waals surface area contributed by atoms with Gasteiger partial charge in [-0.1, -0.05) is 26.0 Å². The Kier molecular flexibility index (Phi) is 7.22. The van der Waals surface area contributed by atoms with E-state index in [2.05, 4.69) is 6.07 Å². The van der Waals surface area contributed by atoms with Crippen molar-refractivity contribution in [3.05, 3.63) is 24.3 Å². The summed E-state index contributed by atoms with van der Waals surface area (Å²) in [6.45, 7) is 6.59. The van der Waals surface area contributed by atoms with Gasteiger partial charge >= 0.3 is 0 Å². The molecule has 4 nitrogen and oxygen atoms in total. The highest BCUT2D eigenvalue weighted by atomic mass is 32.2. The molecule has 1 amide bonds. The molecule has 1 aliphatic heterocycles. The normalized spacial score (nSPS) is 21.5. The SMILES string of the molecule is CC.COC1C(=O)N(CN(C)C)c2ccccc2SC1C. The van der Waals surface area contributed by atoms with Gasteiger partial charge in [-0.3, -0.25) is 14.6 Å². The molecule has 2 atom stereocenters. The number of carbonyl (C=O) groups excluding carboxylic acids is 1. The van der Waals surface area contributed by atoms with E-state index in [9.17, 15) is 4.79 Å². The molecule has 0 N–H and O–H groups in total. The minimum Gasteiger partial charge on any atom is -0.370 e. The Hall–Kier alpha value is -1.04. The van der Waals surface area contributed by atoms with E-state index in [0.717, 1.165) is 10.6 Å². The van der Waals surface area contributed by atoms with Crippen molar-refractivity contribution in [2.75, 3.05) is 32.8 Å². The molecule has 21 heavy (non-hydrogen) atoms. The maximum Gasteiger partial charge on any atom is 0.258 e. The number of hydrogen-bond acceptors (Lipinski definition) is 4. The van der Waals surface area contributed by atoms with Crippen molar-refractivity contribution in [1.82, 2.24) is 4.90 Å². The zero-order valence-corrected chi connectivity index (χ0v) is 14.6. The Labute approximate surface area is 132 Å². The van der Waals surface area contributed by atoms with Crippen LogP contribution in [0.2, 0.25) is 0 Å². The van der Waals surface area contributed by atoms with E-state index in [1.54, 1.807) is 23.8 Å². The smallest absolute Gasteiger partial charge is 0.258 e. The van der Waals surface area contributed by atoms with E-state index in [4.69, 9.17) is 4.74 Å². The van der Waals surface area contributed by atoms with Gasteiger partial charge in [0.1, 0.15) is 6.10 Å². The summed E-state index contributed by atoms with van der Waals surface area (Å²) in [5, 5.41) is 0.103. The molecule has 0 saturated heterocycles. The van der Waals surface area contributed by atoms with Crippen LogP contribution in [0.3, 0.4) is 0 Å². The molecule has 118 valence electrons. The summed E-state index contributed by atoms with van der Waals surface area (Å²) >= 11 is 1.69. The Bertz CT molecular complexity index is 465. The second-order valence-corrected chi connectivity index (χ2v) is 6.35. The maximum atomic E-state index is 12.6. The maximum absolute atomic E-state index is 12.6. The van der Waals surface area contributed by atoms with E-state index in [1.807, 2.05) is 58.0 Å². The van der Waals surface area contributed by atoms with Gasteiger partial charge in [0.2, 0.25) is 0 Å². The van der Waals surface area contributed by atoms with Crippen molar-refractivity contribution < 1.29 is 9.53 Å². The molecule has 0 spiro atoms. The quantitative estimate of drug-likeness (QED) is 0.859. The van der Waals surface area contributed by atoms with Crippen LogP contribution < -0.4 is 4.90 Å². The van der Waals surface area contributed by atoms with Crippen molar-refractivity contribution in [3.8, 4) is 0 Å². The molecule has 1 heterocycles. The molecule has 1 aliphatic rings. The summed E-state index contributed by atoms with van der Waals surface area (Å²) < 4.78 is 5.41. The topological polar surface area (TPSA) is 32.8 Å². The average Bonchev–Trinajstić information content (AvgIpc) is 2.56. The summed E-state index contributed by atoms with van der Waals surface area (Å²) in [7, 11) is 5.52. The van der Waals surface area contributed by atoms with Crippen molar-refractivity contribution in [3.63, 3.8) is 0 Å². The Morgan fingerprint density at radius 3 is 2.48 bits per heavy atom. The minimum absolute atomic E-state index is 0.0288. The molecule has 0 radical (unpaired) electrons. The first-order valence-corrected chi connectivity index (χ1v) is 8.17. The van der Waals surface area contributed by atoms with Gasteiger partial charge in [-0.15, -0.1) is 11.8 Å². The molecular formula is C16H26N2O2S. The highest BCUT2D eigenvalue weighted by Gasteiger charge is 2.35. The standard InChI is InChI=1S/C14H20N2O2S.C2H6/c1-10-13(18-4)14(17)16(9-15(2)3)11-7-5-6-8-12(11)19-10;1-2/h5-8,10,13H,9H2,1-4H3;1-2H3. The zero-order chi connectivity index (χ0) is 16.0. The molecule has 5 heteroatoms. The third-order valence-corrected chi connectivity index (χ3v) is 4.30. The molecule has 0 fully saturated rings. The van der Waals surface area contributed by atoms with Crippen LogP contribution in [-0.2, 0) is 9.53 Å². The first kappa shape index (κ1) is 18.0. The molecular weight excluding hydrogens is 284 g/mol. The first-order valence-electron chi connectivity index (χ1n) is 7.29. The largest absolute Gasteiger partial charge is 0.370 e. The number of carbonyl (C=O) groups is 1. The third-order valence-electron chi connectivity index (χ3n) is 3.08. The van der Waals surface area contributed by atoms with Gasteiger partial charge in [0, 0.05) is 17.3 Å². The molecule has 2 rings (SSSR count). The van der Waals surface area contributed by atoms with E-state index in [0.29, 0.717) is 6.67 Å². The molecule has 0 bridgehead atoms. The summed E-state index contributed by atoms with van der Waals surface area (Å²) in [6.07, 6.45) is -0.405. The lowest BCUT2D eigenvalue weighted by molar-refractivity contribution is -0.128. The molecule has 1 aromatic rings. The predicted octanol–water partition coefficient (Wildman–Crippen LogP) is 3.07. The Balaban J connectivity index is 0.00000106. The highest BCUT2D eigenvalue weighted by Crippen LogP contribution is 2.38. The lowest BCUT2D eigenvalue weighted by Gasteiger charge is -2.28. The summed E-state index contributed by atoms with van der Waals surface area (Å²) in [5.74, 6) is 0.0288. The van der Waals surface area contributed by atoms with Crippen molar-refractivity contribution >= 4 is 23.4 Å². The number of ether oxygens (including phenoxy) is 1. The number of hydrogen-bond donors (Lipinski definition) is 0. The van der Waals surface area contributed by atoms with Crippen LogP contribution in [0.4, 0.5) is 5.69 Å². The number of para-hydroxylation sites is 1. The van der Waals surface area contributed by atoms with Gasteiger partial charge in [0.05, 0.1) is 12.4 Å². The third kappa shape index (κ3) is 4.22. The molecule has 2 unspecified atom stereocenters.